The molecule has 0 aliphatic heterocycles. The average Bonchev–Trinajstić information content (AvgIpc) is 2.95. The minimum Gasteiger partial charge on any atom is -0.346 e. The number of halogens is 1. The van der Waals surface area contributed by atoms with Gasteiger partial charge in [0.15, 0.2) is 5.13 Å². The summed E-state index contributed by atoms with van der Waals surface area (Å²) in [6, 6.07) is 4.70. The van der Waals surface area contributed by atoms with Crippen molar-refractivity contribution in [3.05, 3.63) is 39.9 Å². The summed E-state index contributed by atoms with van der Waals surface area (Å²) in [5.41, 5.74) is 1.01. The van der Waals surface area contributed by atoms with Crippen molar-refractivity contribution in [2.45, 2.75) is 25.2 Å². The molecular weight excluding hydrogens is 370 g/mol. The molecule has 24 heavy (non-hydrogen) atoms. The lowest BCUT2D eigenvalue weighted by Crippen LogP contribution is -2.27. The van der Waals surface area contributed by atoms with E-state index in [1.165, 1.54) is 6.07 Å². The van der Waals surface area contributed by atoms with Gasteiger partial charge in [-0.2, -0.15) is 0 Å². The molecule has 0 atom stereocenters. The van der Waals surface area contributed by atoms with E-state index < -0.39 is 10.0 Å². The van der Waals surface area contributed by atoms with E-state index in [0.29, 0.717) is 22.8 Å². The fourth-order valence-electron chi connectivity index (χ4n) is 1.95. The monoisotopic (exact) mass is 387 g/mol. The number of nitrogens with zero attached hydrogens (tertiary/aromatic N) is 2. The predicted molar refractivity (Wildman–Crippen MR) is 96.1 cm³/mol. The van der Waals surface area contributed by atoms with E-state index >= 15 is 0 Å². The maximum atomic E-state index is 12.5. The Labute approximate surface area is 150 Å². The van der Waals surface area contributed by atoms with Gasteiger partial charge in [-0.15, -0.1) is 11.3 Å². The standard InChI is InChI=1S/C15H18ClN3O3S2/c1-4-19(3)14(20)8-11-9-23-15(17-11)18-24(21,22)13-7-5-6-12(16)10(13)2/h5-7,9H,4,8H2,1-3H3,(H,17,18). The Morgan fingerprint density at radius 1 is 1.42 bits per heavy atom. The Bertz CT molecular complexity index is 849. The van der Waals surface area contributed by atoms with Gasteiger partial charge in [0.2, 0.25) is 5.91 Å². The zero-order valence-corrected chi connectivity index (χ0v) is 15.9. The SMILES string of the molecule is CCN(C)C(=O)Cc1csc(NS(=O)(=O)c2cccc(Cl)c2C)n1. The van der Waals surface area contributed by atoms with Gasteiger partial charge < -0.3 is 4.90 Å². The lowest BCUT2D eigenvalue weighted by molar-refractivity contribution is -0.129. The number of hydrogen-bond donors (Lipinski definition) is 1. The van der Waals surface area contributed by atoms with Crippen LogP contribution in [0.5, 0.6) is 0 Å². The van der Waals surface area contributed by atoms with Crippen molar-refractivity contribution in [3.63, 3.8) is 0 Å². The zero-order chi connectivity index (χ0) is 17.9. The Kier molecular flexibility index (Phi) is 5.84. The minimum absolute atomic E-state index is 0.0668. The number of carbonyl (C=O) groups excluding carboxylic acids is 1. The van der Waals surface area contributed by atoms with E-state index in [2.05, 4.69) is 9.71 Å². The highest BCUT2D eigenvalue weighted by Gasteiger charge is 2.20. The van der Waals surface area contributed by atoms with Crippen LogP contribution in [0.2, 0.25) is 5.02 Å². The summed E-state index contributed by atoms with van der Waals surface area (Å²) in [5.74, 6) is -0.0668. The van der Waals surface area contributed by atoms with Crippen LogP contribution >= 0.6 is 22.9 Å². The lowest BCUT2D eigenvalue weighted by Gasteiger charge is -2.13. The van der Waals surface area contributed by atoms with Gasteiger partial charge in [0.05, 0.1) is 17.0 Å². The number of rotatable bonds is 6. The van der Waals surface area contributed by atoms with Crippen LogP contribution in [0.1, 0.15) is 18.2 Å². The summed E-state index contributed by atoms with van der Waals surface area (Å²) in [4.78, 5) is 17.7. The van der Waals surface area contributed by atoms with Crippen molar-refractivity contribution < 1.29 is 13.2 Å². The van der Waals surface area contributed by atoms with Crippen LogP contribution in [0.25, 0.3) is 0 Å². The van der Waals surface area contributed by atoms with Crippen molar-refractivity contribution in [3.8, 4) is 0 Å². The maximum Gasteiger partial charge on any atom is 0.263 e. The molecule has 1 N–H and O–H groups in total. The van der Waals surface area contributed by atoms with Crippen LogP contribution in [0.15, 0.2) is 28.5 Å². The number of aromatic nitrogens is 1. The van der Waals surface area contributed by atoms with Crippen LogP contribution < -0.4 is 4.72 Å². The molecule has 1 aromatic carbocycles. The fourth-order valence-corrected chi connectivity index (χ4v) is 4.41. The van der Waals surface area contributed by atoms with Gasteiger partial charge in [-0.1, -0.05) is 17.7 Å². The number of benzene rings is 1. The third-order valence-electron chi connectivity index (χ3n) is 3.51. The zero-order valence-electron chi connectivity index (χ0n) is 13.5. The Morgan fingerprint density at radius 3 is 2.79 bits per heavy atom. The minimum atomic E-state index is -3.78. The van der Waals surface area contributed by atoms with Gasteiger partial charge in [-0.3, -0.25) is 9.52 Å². The van der Waals surface area contributed by atoms with Gasteiger partial charge >= 0.3 is 0 Å². The van der Waals surface area contributed by atoms with Gasteiger partial charge in [0.25, 0.3) is 10.0 Å². The number of likely N-dealkylation sites (N-methyl/N-ethyl adjacent to an activating group) is 1. The van der Waals surface area contributed by atoms with Crippen LogP contribution in [-0.2, 0) is 21.2 Å². The molecule has 1 amide bonds. The molecule has 0 fully saturated rings. The summed E-state index contributed by atoms with van der Waals surface area (Å²) < 4.78 is 27.4. The Hall–Kier alpha value is -1.64. The molecule has 0 radical (unpaired) electrons. The van der Waals surface area contributed by atoms with E-state index in [1.807, 2.05) is 6.92 Å². The molecule has 0 aliphatic carbocycles. The second kappa shape index (κ2) is 7.50. The number of anilines is 1. The molecule has 6 nitrogen and oxygen atoms in total. The van der Waals surface area contributed by atoms with Crippen LogP contribution in [-0.4, -0.2) is 37.8 Å². The number of carbonyl (C=O) groups is 1. The van der Waals surface area contributed by atoms with Gasteiger partial charge in [0.1, 0.15) is 0 Å². The number of sulfonamides is 1. The molecule has 0 saturated heterocycles. The molecule has 1 aromatic heterocycles. The molecule has 130 valence electrons. The van der Waals surface area contributed by atoms with Crippen molar-refractivity contribution >= 4 is 44.0 Å². The summed E-state index contributed by atoms with van der Waals surface area (Å²) in [5, 5.41) is 2.27. The highest BCUT2D eigenvalue weighted by molar-refractivity contribution is 7.93. The summed E-state index contributed by atoms with van der Waals surface area (Å²) >= 11 is 7.12. The second-order valence-corrected chi connectivity index (χ2v) is 8.11. The smallest absolute Gasteiger partial charge is 0.263 e. The van der Waals surface area contributed by atoms with E-state index in [4.69, 9.17) is 11.6 Å². The number of thiazole rings is 1. The molecule has 9 heteroatoms. The van der Waals surface area contributed by atoms with Crippen molar-refractivity contribution in [1.82, 2.24) is 9.88 Å². The molecule has 1 heterocycles. The largest absolute Gasteiger partial charge is 0.346 e. The van der Waals surface area contributed by atoms with Crippen molar-refractivity contribution in [2.24, 2.45) is 0 Å². The molecule has 0 saturated carbocycles. The molecule has 0 unspecified atom stereocenters. The van der Waals surface area contributed by atoms with Crippen LogP contribution in [0.4, 0.5) is 5.13 Å². The average molecular weight is 388 g/mol. The Morgan fingerprint density at radius 2 is 2.12 bits per heavy atom. The Balaban J connectivity index is 2.17. The predicted octanol–water partition coefficient (Wildman–Crippen LogP) is 2.93. The van der Waals surface area contributed by atoms with Crippen LogP contribution in [0.3, 0.4) is 0 Å². The first kappa shape index (κ1) is 18.7. The maximum absolute atomic E-state index is 12.5. The van der Waals surface area contributed by atoms with E-state index in [1.54, 1.807) is 36.4 Å². The molecule has 0 aliphatic rings. The lowest BCUT2D eigenvalue weighted by atomic mass is 10.2. The van der Waals surface area contributed by atoms with E-state index in [9.17, 15) is 13.2 Å². The summed E-state index contributed by atoms with van der Waals surface area (Å²) in [7, 11) is -2.08. The van der Waals surface area contributed by atoms with Gasteiger partial charge in [-0.25, -0.2) is 13.4 Å². The number of nitrogens with one attached hydrogen (secondary N) is 1. The van der Waals surface area contributed by atoms with E-state index in [0.717, 1.165) is 11.3 Å². The molecule has 0 bridgehead atoms. The van der Waals surface area contributed by atoms with Gasteiger partial charge in [0, 0.05) is 24.0 Å². The highest BCUT2D eigenvalue weighted by Crippen LogP contribution is 2.26. The summed E-state index contributed by atoms with van der Waals surface area (Å²) in [6.07, 6.45) is 0.138. The number of amides is 1. The quantitative estimate of drug-likeness (QED) is 0.826. The van der Waals surface area contributed by atoms with E-state index in [-0.39, 0.29) is 22.4 Å². The third-order valence-corrected chi connectivity index (χ3v) is 6.34. The molecule has 2 aromatic rings. The normalized spacial score (nSPS) is 11.3. The first-order valence-corrected chi connectivity index (χ1v) is 9.95. The fraction of sp³-hybridized carbons (Fsp3) is 0.333. The number of hydrogen-bond acceptors (Lipinski definition) is 5. The molecular formula is C15H18ClN3O3S2. The van der Waals surface area contributed by atoms with Crippen molar-refractivity contribution in [1.29, 1.82) is 0 Å². The first-order valence-electron chi connectivity index (χ1n) is 7.21. The third kappa shape index (κ3) is 4.25. The molecule has 2 rings (SSSR count). The van der Waals surface area contributed by atoms with Gasteiger partial charge in [-0.05, 0) is 31.5 Å². The molecule has 0 spiro atoms. The topological polar surface area (TPSA) is 79.4 Å². The second-order valence-electron chi connectivity index (χ2n) is 5.20. The highest BCUT2D eigenvalue weighted by atomic mass is 35.5. The summed E-state index contributed by atoms with van der Waals surface area (Å²) in [6.45, 7) is 4.13. The van der Waals surface area contributed by atoms with Crippen molar-refractivity contribution in [2.75, 3.05) is 18.3 Å². The van der Waals surface area contributed by atoms with Crippen LogP contribution in [0, 0.1) is 6.92 Å². The first-order chi connectivity index (χ1) is 11.2.